The van der Waals surface area contributed by atoms with Crippen molar-refractivity contribution in [2.45, 2.75) is 44.5 Å². The minimum Gasteiger partial charge on any atom is -0.504 e. The Morgan fingerprint density at radius 2 is 1.97 bits per heavy atom. The number of carboxylic acids is 1. The highest BCUT2D eigenvalue weighted by molar-refractivity contribution is 6.01. The second-order valence-corrected chi connectivity index (χ2v) is 10.0. The summed E-state index contributed by atoms with van der Waals surface area (Å²) in [4.78, 5) is 26.2. The van der Waals surface area contributed by atoms with Crippen LogP contribution in [0.15, 0.2) is 42.5 Å². The van der Waals surface area contributed by atoms with Crippen molar-refractivity contribution in [2.75, 3.05) is 25.0 Å². The highest BCUT2D eigenvalue weighted by atomic mass is 16.5. The molecule has 34 heavy (non-hydrogen) atoms. The molecule has 4 atom stereocenters. The first-order valence-electron chi connectivity index (χ1n) is 11.7. The zero-order valence-corrected chi connectivity index (χ0v) is 19.4. The average molecular weight is 467 g/mol. The van der Waals surface area contributed by atoms with Crippen LogP contribution in [0.3, 0.4) is 0 Å². The number of phenolic OH excluding ortho intramolecular Hbond substituents is 1. The highest BCUT2D eigenvalue weighted by Gasteiger charge is 2.51. The fourth-order valence-corrected chi connectivity index (χ4v) is 5.69. The number of fused-ring (bicyclic) bond motifs is 4. The number of likely N-dealkylation sites (tertiary alicyclic amines) is 1. The second kappa shape index (κ2) is 8.60. The number of nitrogens with zero attached hydrogens (tertiary/aromatic N) is 1. The Balaban J connectivity index is 1.26. The van der Waals surface area contributed by atoms with Crippen LogP contribution in [-0.4, -0.2) is 58.3 Å². The monoisotopic (exact) mass is 466 g/mol. The maximum absolute atomic E-state index is 12.7. The lowest BCUT2D eigenvalue weighted by Gasteiger charge is -2.53. The van der Waals surface area contributed by atoms with Gasteiger partial charge in [0.05, 0.1) is 30.0 Å². The fourth-order valence-electron chi connectivity index (χ4n) is 5.69. The van der Waals surface area contributed by atoms with Gasteiger partial charge in [-0.25, -0.2) is 4.79 Å². The van der Waals surface area contributed by atoms with Crippen LogP contribution in [0.4, 0.5) is 5.69 Å². The highest BCUT2D eigenvalue weighted by Crippen LogP contribution is 2.54. The van der Waals surface area contributed by atoms with Gasteiger partial charge in [-0.3, -0.25) is 9.69 Å². The zero-order chi connectivity index (χ0) is 24.0. The summed E-state index contributed by atoms with van der Waals surface area (Å²) in [6, 6.07) is 11.8. The van der Waals surface area contributed by atoms with Crippen molar-refractivity contribution in [1.82, 2.24) is 4.90 Å². The maximum atomic E-state index is 12.7. The number of anilines is 1. The van der Waals surface area contributed by atoms with Crippen LogP contribution in [0.25, 0.3) is 0 Å². The molecule has 3 aliphatic rings. The van der Waals surface area contributed by atoms with E-state index >= 15 is 0 Å². The molecule has 0 bridgehead atoms. The van der Waals surface area contributed by atoms with Crippen LogP contribution in [0.1, 0.15) is 48.7 Å². The van der Waals surface area contributed by atoms with Crippen LogP contribution in [0.5, 0.6) is 11.5 Å². The number of nitrogens with one attached hydrogen (secondary N) is 1. The number of para-hydroxylation sites is 2. The zero-order valence-electron chi connectivity index (χ0n) is 19.4. The first-order chi connectivity index (χ1) is 16.2. The number of amides is 1. The van der Waals surface area contributed by atoms with Gasteiger partial charge in [0.2, 0.25) is 5.91 Å². The Hall–Kier alpha value is -3.10. The topological polar surface area (TPSA) is 108 Å². The van der Waals surface area contributed by atoms with Gasteiger partial charge in [0.25, 0.3) is 0 Å². The molecule has 3 heterocycles. The molecule has 2 aromatic carbocycles. The van der Waals surface area contributed by atoms with Gasteiger partial charge in [0, 0.05) is 24.6 Å². The molecule has 0 spiro atoms. The van der Waals surface area contributed by atoms with Crippen LogP contribution >= 0.6 is 0 Å². The molecule has 3 N–H and O–H groups in total. The summed E-state index contributed by atoms with van der Waals surface area (Å²) in [6.07, 6.45) is 1.66. The minimum atomic E-state index is -1.07. The Morgan fingerprint density at radius 3 is 2.76 bits per heavy atom. The molecule has 2 aromatic rings. The van der Waals surface area contributed by atoms with E-state index in [1.807, 2.05) is 26.0 Å². The van der Waals surface area contributed by atoms with Crippen molar-refractivity contribution >= 4 is 17.6 Å². The molecule has 0 radical (unpaired) electrons. The second-order valence-electron chi connectivity index (χ2n) is 10.0. The molecule has 5 rings (SSSR count). The smallest absolute Gasteiger partial charge is 0.337 e. The predicted molar refractivity (Wildman–Crippen MR) is 125 cm³/mol. The fraction of sp³-hybridized carbons (Fsp3) is 0.462. The third-order valence-electron chi connectivity index (χ3n) is 7.38. The van der Waals surface area contributed by atoms with Crippen molar-refractivity contribution in [3.05, 3.63) is 53.6 Å². The van der Waals surface area contributed by atoms with Crippen LogP contribution in [0.2, 0.25) is 0 Å². The molecule has 8 nitrogen and oxygen atoms in total. The number of ether oxygens (including phenoxy) is 2. The van der Waals surface area contributed by atoms with E-state index in [-0.39, 0.29) is 47.8 Å². The number of aromatic carboxylic acids is 1. The summed E-state index contributed by atoms with van der Waals surface area (Å²) < 4.78 is 12.9. The summed E-state index contributed by atoms with van der Waals surface area (Å²) in [7, 11) is 0. The van der Waals surface area contributed by atoms with Crippen molar-refractivity contribution in [3.8, 4) is 11.5 Å². The molecule has 0 saturated carbocycles. The third kappa shape index (κ3) is 4.12. The minimum absolute atomic E-state index is 0.0760. The van der Waals surface area contributed by atoms with Crippen LogP contribution < -0.4 is 10.1 Å². The Bertz CT molecular complexity index is 1120. The molecule has 2 fully saturated rings. The van der Waals surface area contributed by atoms with Gasteiger partial charge in [-0.05, 0) is 50.8 Å². The molecular weight excluding hydrogens is 436 g/mol. The molecule has 2 saturated heterocycles. The van der Waals surface area contributed by atoms with Crippen molar-refractivity contribution in [1.29, 1.82) is 0 Å². The van der Waals surface area contributed by atoms with Gasteiger partial charge in [-0.1, -0.05) is 24.3 Å². The predicted octanol–water partition coefficient (Wildman–Crippen LogP) is 3.67. The van der Waals surface area contributed by atoms with E-state index in [9.17, 15) is 19.8 Å². The van der Waals surface area contributed by atoms with Crippen molar-refractivity contribution in [2.24, 2.45) is 11.8 Å². The molecule has 0 aliphatic carbocycles. The van der Waals surface area contributed by atoms with Crippen molar-refractivity contribution in [3.63, 3.8) is 0 Å². The number of piperidine rings is 1. The number of phenols is 1. The number of carboxylic acid groups (broad SMARTS) is 1. The lowest BCUT2D eigenvalue weighted by molar-refractivity contribution is -0.187. The van der Waals surface area contributed by atoms with Crippen LogP contribution in [-0.2, 0) is 9.53 Å². The first-order valence-corrected chi connectivity index (χ1v) is 11.7. The number of rotatable bonds is 4. The average Bonchev–Trinajstić information content (AvgIpc) is 2.79. The number of benzene rings is 2. The Morgan fingerprint density at radius 1 is 1.18 bits per heavy atom. The van der Waals surface area contributed by atoms with Gasteiger partial charge < -0.3 is 25.0 Å². The molecule has 1 amide bonds. The number of hydrogen-bond acceptors (Lipinski definition) is 6. The first kappa shape index (κ1) is 22.7. The van der Waals surface area contributed by atoms with Gasteiger partial charge >= 0.3 is 5.97 Å². The molecule has 0 unspecified atom stereocenters. The molecule has 8 heteroatoms. The summed E-state index contributed by atoms with van der Waals surface area (Å²) in [5.74, 6) is -0.261. The molecule has 0 aromatic heterocycles. The van der Waals surface area contributed by atoms with Gasteiger partial charge in [0.15, 0.2) is 11.5 Å². The third-order valence-corrected chi connectivity index (χ3v) is 7.38. The molecule has 180 valence electrons. The number of hydrogen-bond donors (Lipinski definition) is 3. The van der Waals surface area contributed by atoms with E-state index in [1.54, 1.807) is 24.3 Å². The Labute approximate surface area is 198 Å². The van der Waals surface area contributed by atoms with Gasteiger partial charge in [-0.15, -0.1) is 0 Å². The van der Waals surface area contributed by atoms with E-state index in [0.717, 1.165) is 31.5 Å². The quantitative estimate of drug-likeness (QED) is 0.631. The summed E-state index contributed by atoms with van der Waals surface area (Å²) >= 11 is 0. The maximum Gasteiger partial charge on any atom is 0.337 e. The van der Waals surface area contributed by atoms with E-state index in [2.05, 4.69) is 10.2 Å². The number of aromatic hydroxyl groups is 1. The summed E-state index contributed by atoms with van der Waals surface area (Å²) in [5, 5.41) is 22.4. The van der Waals surface area contributed by atoms with E-state index in [1.165, 1.54) is 6.07 Å². The van der Waals surface area contributed by atoms with Crippen LogP contribution in [0, 0.1) is 11.8 Å². The SMILES string of the molecule is CC1(C)Oc2c(O)cccc2[C@@H]2O[C@@H]3CCN(CC(=O)Nc4ccccc4C(=O)O)C[C@@H]3C[C@H]21. The lowest BCUT2D eigenvalue weighted by Crippen LogP contribution is -2.55. The number of carbonyl (C=O) groups excluding carboxylic acids is 1. The number of carbonyl (C=O) groups is 2. The van der Waals surface area contributed by atoms with Crippen molar-refractivity contribution < 1.29 is 29.3 Å². The molecule has 3 aliphatic heterocycles. The van der Waals surface area contributed by atoms with Gasteiger partial charge in [0.1, 0.15) is 5.60 Å². The van der Waals surface area contributed by atoms with Gasteiger partial charge in [-0.2, -0.15) is 0 Å². The van der Waals surface area contributed by atoms with E-state index < -0.39 is 11.6 Å². The normalized spacial score (nSPS) is 27.5. The largest absolute Gasteiger partial charge is 0.504 e. The summed E-state index contributed by atoms with van der Waals surface area (Å²) in [5.41, 5.74) is 0.789. The summed E-state index contributed by atoms with van der Waals surface area (Å²) in [6.45, 7) is 5.72. The van der Waals surface area contributed by atoms with E-state index in [0.29, 0.717) is 11.4 Å². The van der Waals surface area contributed by atoms with E-state index in [4.69, 9.17) is 9.47 Å². The standard InChI is InChI=1S/C26H30N2O6/c1-26(2)18-12-15-13-28(14-22(30)27-19-8-4-3-6-16(19)25(31)32)11-10-21(15)33-23(18)17-7-5-9-20(29)24(17)34-26/h3-9,15,18,21,23,29H,10-14H2,1-2H3,(H,27,30)(H,31,32)/t15-,18+,21+,23-/m0/s1. The molecular formula is C26H30N2O6. The lowest BCUT2D eigenvalue weighted by atomic mass is 9.70. The Kier molecular flexibility index (Phi) is 5.73.